The van der Waals surface area contributed by atoms with E-state index < -0.39 is 0 Å². The van der Waals surface area contributed by atoms with Gasteiger partial charge in [0, 0.05) is 17.3 Å². The monoisotopic (exact) mass is 388 g/mol. The Bertz CT molecular complexity index is 973. The van der Waals surface area contributed by atoms with Crippen molar-refractivity contribution < 1.29 is 14.4 Å². The summed E-state index contributed by atoms with van der Waals surface area (Å²) in [5.74, 6) is -0.553. The maximum absolute atomic E-state index is 13.2. The topological polar surface area (TPSA) is 57.7 Å². The number of benzene rings is 2. The van der Waals surface area contributed by atoms with Gasteiger partial charge in [-0.15, -0.1) is 0 Å². The zero-order valence-corrected chi connectivity index (χ0v) is 16.5. The van der Waals surface area contributed by atoms with Gasteiger partial charge in [0.15, 0.2) is 0 Å². The number of carbonyl (C=O) groups is 3. The van der Waals surface area contributed by atoms with Crippen LogP contribution in [0.3, 0.4) is 0 Å². The molecule has 5 heteroatoms. The molecular weight excluding hydrogens is 364 g/mol. The van der Waals surface area contributed by atoms with E-state index >= 15 is 0 Å². The molecule has 2 fully saturated rings. The van der Waals surface area contributed by atoms with Gasteiger partial charge in [-0.2, -0.15) is 0 Å². The first-order valence-corrected chi connectivity index (χ1v) is 10.5. The molecule has 0 bridgehead atoms. The van der Waals surface area contributed by atoms with E-state index in [9.17, 15) is 14.4 Å². The van der Waals surface area contributed by atoms with Crippen molar-refractivity contribution in [1.82, 2.24) is 0 Å². The Morgan fingerprint density at radius 3 is 2.17 bits per heavy atom. The summed E-state index contributed by atoms with van der Waals surface area (Å²) in [4.78, 5) is 41.9. The van der Waals surface area contributed by atoms with Crippen LogP contribution in [0, 0.1) is 11.8 Å². The van der Waals surface area contributed by atoms with Crippen LogP contribution < -0.4 is 9.80 Å². The molecule has 0 spiro atoms. The molecule has 1 saturated carbocycles. The summed E-state index contributed by atoms with van der Waals surface area (Å²) < 4.78 is 0. The number of imide groups is 1. The maximum atomic E-state index is 13.2. The molecule has 0 radical (unpaired) electrons. The predicted molar refractivity (Wildman–Crippen MR) is 111 cm³/mol. The van der Waals surface area contributed by atoms with E-state index in [-0.39, 0.29) is 35.6 Å². The van der Waals surface area contributed by atoms with Crippen LogP contribution in [0.2, 0.25) is 0 Å². The smallest absolute Gasteiger partial charge is 0.258 e. The molecule has 2 heterocycles. The highest BCUT2D eigenvalue weighted by molar-refractivity contribution is 6.22. The second-order valence-corrected chi connectivity index (χ2v) is 8.41. The van der Waals surface area contributed by atoms with Crippen molar-refractivity contribution in [1.29, 1.82) is 0 Å². The average molecular weight is 388 g/mol. The molecule has 2 aliphatic heterocycles. The lowest BCUT2D eigenvalue weighted by molar-refractivity contribution is -0.122. The quantitative estimate of drug-likeness (QED) is 0.732. The Morgan fingerprint density at radius 2 is 1.52 bits per heavy atom. The molecule has 0 aromatic heterocycles. The fourth-order valence-electron chi connectivity index (χ4n) is 5.18. The van der Waals surface area contributed by atoms with Gasteiger partial charge in [-0.25, -0.2) is 0 Å². The number of hydrogen-bond donors (Lipinski definition) is 0. The Morgan fingerprint density at radius 1 is 0.897 bits per heavy atom. The summed E-state index contributed by atoms with van der Waals surface area (Å²) in [6.07, 6.45) is 4.47. The third kappa shape index (κ3) is 2.79. The van der Waals surface area contributed by atoms with Crippen LogP contribution in [-0.2, 0) is 16.0 Å². The molecular formula is C24H24N2O3. The molecule has 2 aromatic carbocycles. The largest absolute Gasteiger partial charge is 0.305 e. The molecule has 5 rings (SSSR count). The van der Waals surface area contributed by atoms with Crippen LogP contribution in [0.5, 0.6) is 0 Å². The van der Waals surface area contributed by atoms with Crippen LogP contribution in [0.15, 0.2) is 48.5 Å². The fourth-order valence-corrected chi connectivity index (χ4v) is 5.18. The summed E-state index contributed by atoms with van der Waals surface area (Å²) >= 11 is 0. The molecule has 29 heavy (non-hydrogen) atoms. The van der Waals surface area contributed by atoms with Crippen LogP contribution in [0.1, 0.15) is 48.5 Å². The molecule has 1 aliphatic carbocycles. The van der Waals surface area contributed by atoms with Gasteiger partial charge in [-0.05, 0) is 62.1 Å². The normalized spacial score (nSPS) is 25.9. The molecule has 3 amide bonds. The van der Waals surface area contributed by atoms with Crippen molar-refractivity contribution in [2.45, 2.75) is 45.1 Å². The number of anilines is 2. The Hall–Kier alpha value is -2.95. The van der Waals surface area contributed by atoms with E-state index in [1.165, 1.54) is 10.5 Å². The molecule has 0 unspecified atom stereocenters. The molecule has 0 N–H and O–H groups in total. The van der Waals surface area contributed by atoms with Crippen LogP contribution in [-0.4, -0.2) is 23.8 Å². The highest BCUT2D eigenvalue weighted by atomic mass is 16.2. The zero-order valence-electron chi connectivity index (χ0n) is 16.5. The lowest BCUT2D eigenvalue weighted by Crippen LogP contribution is -2.35. The number of hydrogen-bond acceptors (Lipinski definition) is 3. The van der Waals surface area contributed by atoms with E-state index in [2.05, 4.69) is 13.0 Å². The van der Waals surface area contributed by atoms with Crippen LogP contribution >= 0.6 is 0 Å². The number of rotatable bonds is 2. The summed E-state index contributed by atoms with van der Waals surface area (Å²) in [5, 5.41) is 0. The van der Waals surface area contributed by atoms with Gasteiger partial charge in [0.05, 0.1) is 17.5 Å². The fraction of sp³-hybridized carbons (Fsp3) is 0.375. The van der Waals surface area contributed by atoms with E-state index in [0.29, 0.717) is 11.3 Å². The maximum Gasteiger partial charge on any atom is 0.258 e. The summed E-state index contributed by atoms with van der Waals surface area (Å²) in [7, 11) is 0. The minimum Gasteiger partial charge on any atom is -0.305 e. The first-order valence-electron chi connectivity index (χ1n) is 10.5. The van der Waals surface area contributed by atoms with E-state index in [0.717, 1.165) is 37.8 Å². The van der Waals surface area contributed by atoms with Crippen molar-refractivity contribution >= 4 is 29.1 Å². The van der Waals surface area contributed by atoms with Gasteiger partial charge in [-0.1, -0.05) is 31.0 Å². The SMILES string of the molecule is C[C@@H]1Cc2ccccc2N1C(=O)c1ccc(N2C(=O)[C@@H]3CCCC[C@H]3C2=O)cc1. The minimum absolute atomic E-state index is 0.0539. The van der Waals surface area contributed by atoms with Gasteiger partial charge in [0.1, 0.15) is 0 Å². The van der Waals surface area contributed by atoms with Gasteiger partial charge in [-0.3, -0.25) is 19.3 Å². The van der Waals surface area contributed by atoms with Gasteiger partial charge < -0.3 is 4.90 Å². The van der Waals surface area contributed by atoms with Crippen molar-refractivity contribution in [2.24, 2.45) is 11.8 Å². The van der Waals surface area contributed by atoms with Gasteiger partial charge >= 0.3 is 0 Å². The second-order valence-electron chi connectivity index (χ2n) is 8.41. The number of nitrogens with zero attached hydrogens (tertiary/aromatic N) is 2. The highest BCUT2D eigenvalue weighted by Crippen LogP contribution is 2.40. The van der Waals surface area contributed by atoms with E-state index in [4.69, 9.17) is 0 Å². The van der Waals surface area contributed by atoms with Gasteiger partial charge in [0.2, 0.25) is 11.8 Å². The predicted octanol–water partition coefficient (Wildman–Crippen LogP) is 3.96. The van der Waals surface area contributed by atoms with Crippen LogP contribution in [0.4, 0.5) is 11.4 Å². The highest BCUT2D eigenvalue weighted by Gasteiger charge is 2.48. The third-order valence-corrected chi connectivity index (χ3v) is 6.64. The number of fused-ring (bicyclic) bond motifs is 2. The molecule has 3 atom stereocenters. The standard InChI is InChI=1S/C24H24N2O3/c1-15-14-17-6-2-5-9-21(17)25(15)22(27)16-10-12-18(13-11-16)26-23(28)19-7-3-4-8-20(19)24(26)29/h2,5-6,9-13,15,19-20H,3-4,7-8,14H2,1H3/t15-,19-,20-/m1/s1. The Labute approximate surface area is 170 Å². The number of carbonyl (C=O) groups excluding carboxylic acids is 3. The van der Waals surface area contributed by atoms with Crippen molar-refractivity contribution in [3.63, 3.8) is 0 Å². The molecule has 2 aromatic rings. The minimum atomic E-state index is -0.167. The summed E-state index contributed by atoms with van der Waals surface area (Å²) in [6, 6.07) is 15.0. The second kappa shape index (κ2) is 6.83. The molecule has 5 nitrogen and oxygen atoms in total. The number of para-hydroxylation sites is 1. The number of amides is 3. The van der Waals surface area contributed by atoms with Crippen LogP contribution in [0.25, 0.3) is 0 Å². The summed E-state index contributed by atoms with van der Waals surface area (Å²) in [6.45, 7) is 2.05. The summed E-state index contributed by atoms with van der Waals surface area (Å²) in [5.41, 5.74) is 3.28. The van der Waals surface area contributed by atoms with Crippen molar-refractivity contribution in [2.75, 3.05) is 9.80 Å². The third-order valence-electron chi connectivity index (χ3n) is 6.64. The molecule has 3 aliphatic rings. The van der Waals surface area contributed by atoms with Crippen molar-refractivity contribution in [3.8, 4) is 0 Å². The van der Waals surface area contributed by atoms with E-state index in [1.54, 1.807) is 24.3 Å². The Balaban J connectivity index is 1.40. The lowest BCUT2D eigenvalue weighted by Gasteiger charge is -2.23. The first-order chi connectivity index (χ1) is 14.1. The average Bonchev–Trinajstić information content (AvgIpc) is 3.21. The lowest BCUT2D eigenvalue weighted by atomic mass is 9.81. The first kappa shape index (κ1) is 18.1. The van der Waals surface area contributed by atoms with E-state index in [1.807, 2.05) is 23.1 Å². The molecule has 148 valence electrons. The Kier molecular flexibility index (Phi) is 4.26. The van der Waals surface area contributed by atoms with Gasteiger partial charge in [0.25, 0.3) is 5.91 Å². The molecule has 1 saturated heterocycles. The van der Waals surface area contributed by atoms with Crippen molar-refractivity contribution in [3.05, 3.63) is 59.7 Å². The zero-order chi connectivity index (χ0) is 20.1.